The van der Waals surface area contributed by atoms with Gasteiger partial charge in [0, 0.05) is 0 Å². The molecule has 0 fully saturated rings. The number of hydrogen-bond acceptors (Lipinski definition) is 2. The Morgan fingerprint density at radius 3 is 1.79 bits per heavy atom. The fraction of sp³-hybridized carbons (Fsp3) is 0.800. The number of aromatic amines is 1. The molecule has 2 nitrogen and oxygen atoms in total. The van der Waals surface area contributed by atoms with E-state index >= 15 is 0 Å². The van der Waals surface area contributed by atoms with Gasteiger partial charge in [-0.05, 0) is 0 Å². The van der Waals surface area contributed by atoms with Gasteiger partial charge in [-0.3, -0.25) is 0 Å². The van der Waals surface area contributed by atoms with E-state index in [0.29, 0.717) is 0 Å². The molecule has 0 aliphatic rings. The number of hydrogen-bond donors (Lipinski definition) is 1. The van der Waals surface area contributed by atoms with E-state index in [-0.39, 0.29) is 4.87 Å². The zero-order valence-electron chi connectivity index (χ0n) is 12.8. The summed E-state index contributed by atoms with van der Waals surface area (Å²) in [5, 5.41) is 0. The van der Waals surface area contributed by atoms with Gasteiger partial charge in [0.15, 0.2) is 0 Å². The third kappa shape index (κ3) is 5.25. The van der Waals surface area contributed by atoms with Crippen LogP contribution in [0.4, 0.5) is 0 Å². The standard InChI is InChI=1S/3C4H9.C3H2NOS.Sn/c3*1-3-4-2;5-3-4-1-2-6-3;/h3*1,3-4H2,2H3;1H,(H,4,5);. The van der Waals surface area contributed by atoms with Crippen molar-refractivity contribution >= 4 is 32.6 Å². The molecule has 0 saturated carbocycles. The Kier molecular flexibility index (Phi) is 8.38. The molecule has 0 aromatic carbocycles. The summed E-state index contributed by atoms with van der Waals surface area (Å²) in [6, 6.07) is 0. The second-order valence-corrected chi connectivity index (χ2v) is 20.8. The summed E-state index contributed by atoms with van der Waals surface area (Å²) in [4.78, 5) is 14.6. The van der Waals surface area contributed by atoms with Gasteiger partial charge in [-0.25, -0.2) is 0 Å². The van der Waals surface area contributed by atoms with Gasteiger partial charge in [-0.15, -0.1) is 0 Å². The predicted molar refractivity (Wildman–Crippen MR) is 89.5 cm³/mol. The van der Waals surface area contributed by atoms with Crippen LogP contribution in [0.15, 0.2) is 11.0 Å². The molecule has 110 valence electrons. The molecule has 0 amide bonds. The van der Waals surface area contributed by atoms with Gasteiger partial charge < -0.3 is 0 Å². The minimum absolute atomic E-state index is 0.153. The van der Waals surface area contributed by atoms with Crippen molar-refractivity contribution < 1.29 is 0 Å². The van der Waals surface area contributed by atoms with E-state index in [4.69, 9.17) is 0 Å². The number of aromatic nitrogens is 1. The molecule has 1 rings (SSSR count). The molecule has 0 aliphatic heterocycles. The Morgan fingerprint density at radius 1 is 1.00 bits per heavy atom. The first-order valence-electron chi connectivity index (χ1n) is 7.87. The zero-order valence-corrected chi connectivity index (χ0v) is 16.4. The average Bonchev–Trinajstić information content (AvgIpc) is 2.85. The molecule has 19 heavy (non-hydrogen) atoms. The average molecular weight is 390 g/mol. The van der Waals surface area contributed by atoms with Gasteiger partial charge in [0.2, 0.25) is 0 Å². The van der Waals surface area contributed by atoms with Crippen molar-refractivity contribution in [2.45, 2.75) is 72.6 Å². The van der Waals surface area contributed by atoms with Crippen molar-refractivity contribution in [1.29, 1.82) is 0 Å². The molecular weight excluding hydrogens is 361 g/mol. The zero-order chi connectivity index (χ0) is 14.1. The van der Waals surface area contributed by atoms with E-state index in [1.807, 2.05) is 0 Å². The molecule has 4 heteroatoms. The molecule has 0 radical (unpaired) electrons. The maximum absolute atomic E-state index is 11.6. The third-order valence-electron chi connectivity index (χ3n) is 4.07. The van der Waals surface area contributed by atoms with Crippen LogP contribution in [0.2, 0.25) is 13.3 Å². The molecule has 0 aliphatic carbocycles. The summed E-state index contributed by atoms with van der Waals surface area (Å²) in [5.74, 6) is 0. The molecular formula is C15H29NOSSn. The Bertz CT molecular complexity index is 377. The van der Waals surface area contributed by atoms with Gasteiger partial charge in [0.1, 0.15) is 0 Å². The van der Waals surface area contributed by atoms with Gasteiger partial charge in [-0.1, -0.05) is 0 Å². The number of nitrogens with one attached hydrogen (secondary N) is 1. The maximum atomic E-state index is 11.6. The van der Waals surface area contributed by atoms with Crippen LogP contribution in [-0.4, -0.2) is 23.4 Å². The van der Waals surface area contributed by atoms with Crippen molar-refractivity contribution in [3.8, 4) is 0 Å². The first-order chi connectivity index (χ1) is 9.18. The van der Waals surface area contributed by atoms with Crippen LogP contribution in [0.5, 0.6) is 0 Å². The van der Waals surface area contributed by atoms with E-state index < -0.39 is 18.4 Å². The van der Waals surface area contributed by atoms with Crippen LogP contribution < -0.4 is 7.77 Å². The minimum atomic E-state index is -2.29. The van der Waals surface area contributed by atoms with Crippen molar-refractivity contribution in [2.75, 3.05) is 0 Å². The van der Waals surface area contributed by atoms with Crippen molar-refractivity contribution in [3.05, 3.63) is 15.9 Å². The topological polar surface area (TPSA) is 32.9 Å². The number of thiazole rings is 1. The van der Waals surface area contributed by atoms with Crippen LogP contribution in [0.25, 0.3) is 0 Å². The van der Waals surface area contributed by atoms with E-state index in [0.717, 1.165) is 0 Å². The van der Waals surface area contributed by atoms with Crippen molar-refractivity contribution in [3.63, 3.8) is 0 Å². The Labute approximate surface area is 125 Å². The summed E-state index contributed by atoms with van der Waals surface area (Å²) in [6.45, 7) is 6.86. The summed E-state index contributed by atoms with van der Waals surface area (Å²) in [7, 11) is 0. The Balaban J connectivity index is 2.97. The van der Waals surface area contributed by atoms with Crippen molar-refractivity contribution in [2.24, 2.45) is 0 Å². The Hall–Kier alpha value is 0.229. The molecule has 1 N–H and O–H groups in total. The normalized spacial score (nSPS) is 11.9. The molecule has 0 spiro atoms. The van der Waals surface area contributed by atoms with Crippen LogP contribution in [-0.2, 0) is 0 Å². The van der Waals surface area contributed by atoms with Gasteiger partial charge >= 0.3 is 126 Å². The van der Waals surface area contributed by atoms with Gasteiger partial charge in [0.25, 0.3) is 0 Å². The van der Waals surface area contributed by atoms with Crippen LogP contribution >= 0.6 is 11.3 Å². The monoisotopic (exact) mass is 391 g/mol. The number of H-pyrrole nitrogens is 1. The first kappa shape index (κ1) is 17.3. The molecule has 1 aromatic rings. The summed E-state index contributed by atoms with van der Waals surface area (Å²) < 4.78 is 5.84. The molecule has 0 saturated heterocycles. The van der Waals surface area contributed by atoms with Crippen molar-refractivity contribution in [1.82, 2.24) is 4.98 Å². The van der Waals surface area contributed by atoms with E-state index in [2.05, 4.69) is 32.0 Å². The number of rotatable bonds is 10. The fourth-order valence-corrected chi connectivity index (χ4v) is 22.3. The SMILES string of the molecule is CCC[CH2][Sn]([CH2]CCC)([CH2]CCC)[c]1c[nH]c(=O)s1. The van der Waals surface area contributed by atoms with Crippen LogP contribution in [0.1, 0.15) is 59.3 Å². The molecule has 1 heterocycles. The summed E-state index contributed by atoms with van der Waals surface area (Å²) in [5.41, 5.74) is 0. The van der Waals surface area contributed by atoms with Crippen LogP contribution in [0.3, 0.4) is 0 Å². The van der Waals surface area contributed by atoms with Gasteiger partial charge in [0.05, 0.1) is 0 Å². The third-order valence-corrected chi connectivity index (χ3v) is 23.1. The second kappa shape index (κ2) is 9.22. The molecule has 1 aromatic heterocycles. The first-order valence-corrected chi connectivity index (χ1v) is 16.2. The van der Waals surface area contributed by atoms with Gasteiger partial charge in [-0.2, -0.15) is 0 Å². The predicted octanol–water partition coefficient (Wildman–Crippen LogP) is 4.49. The molecule has 0 bridgehead atoms. The van der Waals surface area contributed by atoms with E-state index in [1.54, 1.807) is 0 Å². The fourth-order valence-electron chi connectivity index (χ4n) is 2.83. The molecule has 0 unspecified atom stereocenters. The Morgan fingerprint density at radius 2 is 1.47 bits per heavy atom. The summed E-state index contributed by atoms with van der Waals surface area (Å²) >= 11 is -0.760. The van der Waals surface area contributed by atoms with E-state index in [9.17, 15) is 4.79 Å². The number of unbranched alkanes of at least 4 members (excludes halogenated alkanes) is 3. The second-order valence-electron chi connectivity index (χ2n) is 5.63. The van der Waals surface area contributed by atoms with Crippen LogP contribution in [0, 0.1) is 0 Å². The van der Waals surface area contributed by atoms with E-state index in [1.165, 1.54) is 66.1 Å². The summed E-state index contributed by atoms with van der Waals surface area (Å²) in [6.07, 6.45) is 10.0. The quantitative estimate of drug-likeness (QED) is 0.587. The molecule has 0 atom stereocenters.